The number of aliphatic hydroxyl groups is 1. The van der Waals surface area contributed by atoms with Crippen molar-refractivity contribution in [2.75, 3.05) is 31.6 Å². The fraction of sp³-hybridized carbons (Fsp3) is 0.500. The van der Waals surface area contributed by atoms with Crippen molar-refractivity contribution < 1.29 is 5.11 Å². The number of nitriles is 1. The zero-order valence-electron chi connectivity index (χ0n) is 11.1. The Morgan fingerprint density at radius 1 is 1.39 bits per heavy atom. The fourth-order valence-corrected chi connectivity index (χ4v) is 2.01. The van der Waals surface area contributed by atoms with E-state index in [1.165, 1.54) is 0 Å². The van der Waals surface area contributed by atoms with Gasteiger partial charge in [-0.1, -0.05) is 13.0 Å². The molecule has 0 spiro atoms. The third-order valence-corrected chi connectivity index (χ3v) is 2.77. The number of hydrogen-bond donors (Lipinski definition) is 2. The monoisotopic (exact) mass is 247 g/mol. The molecule has 98 valence electrons. The number of anilines is 1. The van der Waals surface area contributed by atoms with Gasteiger partial charge in [0.15, 0.2) is 0 Å². The van der Waals surface area contributed by atoms with Crippen LogP contribution in [0.4, 0.5) is 5.69 Å². The molecule has 0 saturated heterocycles. The summed E-state index contributed by atoms with van der Waals surface area (Å²) in [5.74, 6) is 0. The Kier molecular flexibility index (Phi) is 6.20. The summed E-state index contributed by atoms with van der Waals surface area (Å²) in [5.41, 5.74) is 2.68. The first kappa shape index (κ1) is 14.5. The minimum Gasteiger partial charge on any atom is -0.395 e. The molecule has 1 aromatic carbocycles. The number of nitrogens with zero attached hydrogens (tertiary/aromatic N) is 2. The average molecular weight is 247 g/mol. The van der Waals surface area contributed by atoms with E-state index in [2.05, 4.69) is 23.2 Å². The standard InChI is InChI=1S/C14H21N3O/c1-3-6-17(7-8-18)14-5-4-12(11-16-2)9-13(14)10-15/h4-5,9,16,18H,3,6-8,11H2,1-2H3. The summed E-state index contributed by atoms with van der Waals surface area (Å²) in [5, 5.41) is 21.4. The Bertz CT molecular complexity index is 406. The van der Waals surface area contributed by atoms with Crippen LogP contribution in [0.1, 0.15) is 24.5 Å². The van der Waals surface area contributed by atoms with Crippen molar-refractivity contribution in [2.45, 2.75) is 19.9 Å². The van der Waals surface area contributed by atoms with Gasteiger partial charge in [-0.2, -0.15) is 5.26 Å². The fourth-order valence-electron chi connectivity index (χ4n) is 2.01. The maximum Gasteiger partial charge on any atom is 0.101 e. The summed E-state index contributed by atoms with van der Waals surface area (Å²) in [7, 11) is 1.88. The van der Waals surface area contributed by atoms with E-state index < -0.39 is 0 Å². The first-order valence-corrected chi connectivity index (χ1v) is 6.30. The smallest absolute Gasteiger partial charge is 0.101 e. The zero-order chi connectivity index (χ0) is 13.4. The molecule has 4 nitrogen and oxygen atoms in total. The van der Waals surface area contributed by atoms with Gasteiger partial charge in [0.25, 0.3) is 0 Å². The van der Waals surface area contributed by atoms with Gasteiger partial charge in [0.2, 0.25) is 0 Å². The molecule has 0 atom stereocenters. The second kappa shape index (κ2) is 7.70. The Labute approximate surface area is 109 Å². The summed E-state index contributed by atoms with van der Waals surface area (Å²) < 4.78 is 0. The van der Waals surface area contributed by atoms with Crippen LogP contribution in [0.25, 0.3) is 0 Å². The van der Waals surface area contributed by atoms with E-state index >= 15 is 0 Å². The minimum absolute atomic E-state index is 0.100. The zero-order valence-corrected chi connectivity index (χ0v) is 11.1. The van der Waals surface area contributed by atoms with Crippen molar-refractivity contribution in [1.29, 1.82) is 5.26 Å². The molecule has 1 rings (SSSR count). The van der Waals surface area contributed by atoms with E-state index in [-0.39, 0.29) is 6.61 Å². The van der Waals surface area contributed by atoms with Gasteiger partial charge in [0.1, 0.15) is 6.07 Å². The topological polar surface area (TPSA) is 59.3 Å². The largest absolute Gasteiger partial charge is 0.395 e. The normalized spacial score (nSPS) is 10.1. The quantitative estimate of drug-likeness (QED) is 0.766. The van der Waals surface area contributed by atoms with E-state index in [0.29, 0.717) is 12.1 Å². The predicted octanol–water partition coefficient (Wildman–Crippen LogP) is 1.49. The van der Waals surface area contributed by atoms with Gasteiger partial charge in [0, 0.05) is 19.6 Å². The van der Waals surface area contributed by atoms with Crippen LogP contribution in [-0.4, -0.2) is 31.9 Å². The van der Waals surface area contributed by atoms with Crippen LogP contribution < -0.4 is 10.2 Å². The van der Waals surface area contributed by atoms with Crippen molar-refractivity contribution in [2.24, 2.45) is 0 Å². The Hall–Kier alpha value is -1.57. The first-order valence-electron chi connectivity index (χ1n) is 6.30. The minimum atomic E-state index is 0.100. The lowest BCUT2D eigenvalue weighted by atomic mass is 10.1. The molecule has 2 N–H and O–H groups in total. The molecule has 0 aromatic heterocycles. The summed E-state index contributed by atoms with van der Waals surface area (Å²) in [6.45, 7) is 4.35. The number of aliphatic hydroxyl groups excluding tert-OH is 1. The maximum atomic E-state index is 9.24. The summed E-state index contributed by atoms with van der Waals surface area (Å²) in [4.78, 5) is 2.06. The van der Waals surface area contributed by atoms with Gasteiger partial charge in [0.05, 0.1) is 17.9 Å². The molecule has 0 saturated carbocycles. The summed E-state index contributed by atoms with van der Waals surface area (Å²) in [6.07, 6.45) is 0.989. The summed E-state index contributed by atoms with van der Waals surface area (Å²) >= 11 is 0. The molecule has 0 amide bonds. The molecule has 0 aliphatic heterocycles. The van der Waals surface area contributed by atoms with Crippen molar-refractivity contribution in [3.63, 3.8) is 0 Å². The third-order valence-electron chi connectivity index (χ3n) is 2.77. The van der Waals surface area contributed by atoms with Crippen molar-refractivity contribution in [1.82, 2.24) is 5.32 Å². The number of nitrogens with one attached hydrogen (secondary N) is 1. The Morgan fingerprint density at radius 3 is 2.72 bits per heavy atom. The van der Waals surface area contributed by atoms with E-state index in [1.807, 2.05) is 25.2 Å². The molecule has 18 heavy (non-hydrogen) atoms. The maximum absolute atomic E-state index is 9.24. The SMILES string of the molecule is CCCN(CCO)c1ccc(CNC)cc1C#N. The second-order valence-electron chi connectivity index (χ2n) is 4.20. The van der Waals surface area contributed by atoms with E-state index in [4.69, 9.17) is 5.11 Å². The molecule has 0 aliphatic rings. The van der Waals surface area contributed by atoms with E-state index in [9.17, 15) is 5.26 Å². The number of rotatable bonds is 7. The number of benzene rings is 1. The van der Waals surface area contributed by atoms with Crippen LogP contribution in [0.5, 0.6) is 0 Å². The lowest BCUT2D eigenvalue weighted by Crippen LogP contribution is -2.28. The highest BCUT2D eigenvalue weighted by Crippen LogP contribution is 2.21. The van der Waals surface area contributed by atoms with Gasteiger partial charge >= 0.3 is 0 Å². The van der Waals surface area contributed by atoms with Crippen LogP contribution in [0.3, 0.4) is 0 Å². The lowest BCUT2D eigenvalue weighted by Gasteiger charge is -2.24. The molecule has 0 bridgehead atoms. The lowest BCUT2D eigenvalue weighted by molar-refractivity contribution is 0.302. The van der Waals surface area contributed by atoms with Crippen molar-refractivity contribution >= 4 is 5.69 Å². The molecular formula is C14H21N3O. The number of hydrogen-bond acceptors (Lipinski definition) is 4. The van der Waals surface area contributed by atoms with Crippen molar-refractivity contribution in [3.05, 3.63) is 29.3 Å². The molecular weight excluding hydrogens is 226 g/mol. The van der Waals surface area contributed by atoms with Gasteiger partial charge in [-0.15, -0.1) is 0 Å². The third kappa shape index (κ3) is 3.73. The predicted molar refractivity (Wildman–Crippen MR) is 73.5 cm³/mol. The molecule has 1 aromatic rings. The van der Waals surface area contributed by atoms with Crippen LogP contribution in [0, 0.1) is 11.3 Å². The molecule has 4 heteroatoms. The van der Waals surface area contributed by atoms with Gasteiger partial charge in [-0.05, 0) is 31.2 Å². The van der Waals surface area contributed by atoms with Gasteiger partial charge in [-0.25, -0.2) is 0 Å². The Morgan fingerprint density at radius 2 is 2.17 bits per heavy atom. The summed E-state index contributed by atoms with van der Waals surface area (Å²) in [6, 6.07) is 8.14. The van der Waals surface area contributed by atoms with E-state index in [1.54, 1.807) is 0 Å². The molecule has 0 radical (unpaired) electrons. The van der Waals surface area contributed by atoms with E-state index in [0.717, 1.165) is 30.8 Å². The molecule has 0 fully saturated rings. The van der Waals surface area contributed by atoms with Crippen LogP contribution in [-0.2, 0) is 6.54 Å². The highest BCUT2D eigenvalue weighted by molar-refractivity contribution is 5.60. The Balaban J connectivity index is 3.02. The first-order chi connectivity index (χ1) is 8.76. The van der Waals surface area contributed by atoms with Crippen LogP contribution in [0.2, 0.25) is 0 Å². The second-order valence-corrected chi connectivity index (χ2v) is 4.20. The van der Waals surface area contributed by atoms with Crippen LogP contribution in [0.15, 0.2) is 18.2 Å². The highest BCUT2D eigenvalue weighted by atomic mass is 16.3. The van der Waals surface area contributed by atoms with Gasteiger partial charge in [-0.3, -0.25) is 0 Å². The van der Waals surface area contributed by atoms with Crippen molar-refractivity contribution in [3.8, 4) is 6.07 Å². The molecule has 0 heterocycles. The van der Waals surface area contributed by atoms with Crippen LogP contribution >= 0.6 is 0 Å². The van der Waals surface area contributed by atoms with Gasteiger partial charge < -0.3 is 15.3 Å². The average Bonchev–Trinajstić information content (AvgIpc) is 2.39. The molecule has 0 unspecified atom stereocenters. The highest BCUT2D eigenvalue weighted by Gasteiger charge is 2.10. The molecule has 0 aliphatic carbocycles.